The summed E-state index contributed by atoms with van der Waals surface area (Å²) in [6, 6.07) is 2.77. The van der Waals surface area contributed by atoms with E-state index in [9.17, 15) is 22.4 Å². The third-order valence-corrected chi connectivity index (χ3v) is 6.12. The third-order valence-electron chi connectivity index (χ3n) is 4.67. The van der Waals surface area contributed by atoms with Gasteiger partial charge in [0.15, 0.2) is 6.04 Å². The lowest BCUT2D eigenvalue weighted by molar-refractivity contribution is -0.148. The Balaban J connectivity index is 1.86. The zero-order chi connectivity index (χ0) is 20.9. The maximum Gasteiger partial charge on any atom is 0.418 e. The quantitative estimate of drug-likeness (QED) is 0.559. The predicted molar refractivity (Wildman–Crippen MR) is 98.4 cm³/mol. The number of carbonyl (C=O) groups excluding carboxylic acids is 2. The van der Waals surface area contributed by atoms with Crippen molar-refractivity contribution in [2.75, 3.05) is 13.2 Å². The number of thiophene rings is 1. The third kappa shape index (κ3) is 3.37. The number of nitrogens with zero attached hydrogens (tertiary/aromatic N) is 2. The molecule has 2 aliphatic rings. The predicted octanol–water partition coefficient (Wildman–Crippen LogP) is 2.69. The number of benzene rings is 1. The van der Waals surface area contributed by atoms with Crippen molar-refractivity contribution in [3.05, 3.63) is 45.9 Å². The molecular formula is C17H15FN2O7S2. The number of hydrogen-bond acceptors (Lipinski definition) is 7. The first-order valence-corrected chi connectivity index (χ1v) is 10.8. The molecule has 0 spiro atoms. The average molecular weight is 442 g/mol. The van der Waals surface area contributed by atoms with E-state index in [-0.39, 0.29) is 13.2 Å². The van der Waals surface area contributed by atoms with Gasteiger partial charge in [0.05, 0.1) is 13.2 Å². The Morgan fingerprint density at radius 1 is 1.34 bits per heavy atom. The Bertz CT molecular complexity index is 1080. The number of urea groups is 1. The molecule has 2 atom stereocenters. The number of fused-ring (bicyclic) bond motifs is 4. The second-order valence-corrected chi connectivity index (χ2v) is 8.28. The van der Waals surface area contributed by atoms with Gasteiger partial charge in [-0.1, -0.05) is 12.1 Å². The highest BCUT2D eigenvalue weighted by Gasteiger charge is 2.54. The van der Waals surface area contributed by atoms with Crippen LogP contribution in [-0.2, 0) is 24.2 Å². The van der Waals surface area contributed by atoms with E-state index in [1.54, 1.807) is 24.4 Å². The fraction of sp³-hybridized carbons (Fsp3) is 0.294. The Morgan fingerprint density at radius 3 is 2.66 bits per heavy atom. The minimum Gasteiger partial charge on any atom is -0.464 e. The lowest BCUT2D eigenvalue weighted by Crippen LogP contribution is -2.39. The van der Waals surface area contributed by atoms with Crippen molar-refractivity contribution in [1.29, 1.82) is 0 Å². The number of ether oxygens (including phenoxy) is 1. The summed E-state index contributed by atoms with van der Waals surface area (Å²) in [6.45, 7) is 1.68. The van der Waals surface area contributed by atoms with Gasteiger partial charge in [-0.3, -0.25) is 4.55 Å². The minimum atomic E-state index is -4.95. The van der Waals surface area contributed by atoms with E-state index in [1.807, 2.05) is 0 Å². The first-order chi connectivity index (χ1) is 13.7. The smallest absolute Gasteiger partial charge is 0.418 e. The number of hydrogen-bond donors (Lipinski definition) is 1. The molecule has 12 heteroatoms. The van der Waals surface area contributed by atoms with Crippen LogP contribution in [0.5, 0.6) is 0 Å². The van der Waals surface area contributed by atoms with Gasteiger partial charge >= 0.3 is 22.4 Å². The first-order valence-electron chi connectivity index (χ1n) is 8.52. The van der Waals surface area contributed by atoms with Crippen LogP contribution in [0.25, 0.3) is 11.1 Å². The van der Waals surface area contributed by atoms with Gasteiger partial charge in [-0.25, -0.2) is 14.0 Å². The SMILES string of the molecule is CCOC(=O)C1c2c(-c3ccc(F)cc3)csc2C2CN1C(=O)N2OS(=O)(=O)O. The van der Waals surface area contributed by atoms with Gasteiger partial charge in [-0.15, -0.1) is 15.6 Å². The van der Waals surface area contributed by atoms with E-state index in [0.717, 1.165) is 4.90 Å². The Labute approximate surface area is 169 Å². The van der Waals surface area contributed by atoms with Crippen LogP contribution in [0.3, 0.4) is 0 Å². The molecule has 1 N–H and O–H groups in total. The molecule has 1 saturated heterocycles. The molecule has 4 rings (SSSR count). The van der Waals surface area contributed by atoms with Crippen LogP contribution in [0.1, 0.15) is 29.4 Å². The lowest BCUT2D eigenvalue weighted by atomic mass is 9.92. The monoisotopic (exact) mass is 442 g/mol. The maximum absolute atomic E-state index is 13.3. The molecule has 0 radical (unpaired) electrons. The normalized spacial score (nSPS) is 20.7. The zero-order valence-corrected chi connectivity index (χ0v) is 16.6. The van der Waals surface area contributed by atoms with Crippen LogP contribution in [-0.4, -0.2) is 48.1 Å². The molecule has 9 nitrogen and oxygen atoms in total. The lowest BCUT2D eigenvalue weighted by Gasteiger charge is -2.30. The second-order valence-electron chi connectivity index (χ2n) is 6.37. The molecule has 29 heavy (non-hydrogen) atoms. The number of amides is 2. The number of halogens is 1. The Hall–Kier alpha value is -2.54. The standard InChI is InChI=1S/C17H15FN2O7S2/c1-2-26-16(21)14-13-11(9-3-5-10(18)6-4-9)8-28-15(13)12-7-19(14)17(22)20(12)27-29(23,24)25/h3-6,8,12,14H,2,7H2,1H3,(H,23,24,25). The number of esters is 1. The van der Waals surface area contributed by atoms with E-state index in [4.69, 9.17) is 9.29 Å². The topological polar surface area (TPSA) is 113 Å². The fourth-order valence-corrected chi connectivity index (χ4v) is 5.14. The number of carbonyl (C=O) groups is 2. The molecule has 2 aromatic rings. The fourth-order valence-electron chi connectivity index (χ4n) is 3.59. The highest BCUT2D eigenvalue weighted by atomic mass is 32.3. The highest BCUT2D eigenvalue weighted by molar-refractivity contribution is 7.80. The molecular weight excluding hydrogens is 427 g/mol. The van der Waals surface area contributed by atoms with Gasteiger partial charge in [0.1, 0.15) is 11.9 Å². The molecule has 1 aromatic carbocycles. The Morgan fingerprint density at radius 2 is 2.03 bits per heavy atom. The largest absolute Gasteiger partial charge is 0.464 e. The molecule has 3 heterocycles. The van der Waals surface area contributed by atoms with Crippen LogP contribution in [0.15, 0.2) is 29.6 Å². The van der Waals surface area contributed by atoms with Crippen molar-refractivity contribution < 1.29 is 36.0 Å². The summed E-state index contributed by atoms with van der Waals surface area (Å²) in [7, 11) is -4.95. The van der Waals surface area contributed by atoms with Gasteiger partial charge in [0, 0.05) is 10.4 Å². The van der Waals surface area contributed by atoms with Gasteiger partial charge < -0.3 is 9.64 Å². The molecule has 2 unspecified atom stereocenters. The summed E-state index contributed by atoms with van der Waals surface area (Å²) in [5.41, 5.74) is 1.68. The summed E-state index contributed by atoms with van der Waals surface area (Å²) in [5, 5.41) is 2.28. The van der Waals surface area contributed by atoms with Crippen LogP contribution >= 0.6 is 11.3 Å². The molecule has 2 bridgehead atoms. The second kappa shape index (κ2) is 7.06. The average Bonchev–Trinajstić information content (AvgIpc) is 3.19. The summed E-state index contributed by atoms with van der Waals surface area (Å²) in [5.74, 6) is -1.11. The van der Waals surface area contributed by atoms with Crippen molar-refractivity contribution in [1.82, 2.24) is 9.96 Å². The van der Waals surface area contributed by atoms with E-state index in [1.165, 1.54) is 23.5 Å². The van der Waals surface area contributed by atoms with E-state index < -0.39 is 40.3 Å². The maximum atomic E-state index is 13.3. The van der Waals surface area contributed by atoms with E-state index in [2.05, 4.69) is 4.28 Å². The van der Waals surface area contributed by atoms with Crippen molar-refractivity contribution in [2.45, 2.75) is 19.0 Å². The van der Waals surface area contributed by atoms with Crippen LogP contribution in [0.2, 0.25) is 0 Å². The molecule has 2 amide bonds. The van der Waals surface area contributed by atoms with Crippen LogP contribution in [0.4, 0.5) is 9.18 Å². The van der Waals surface area contributed by atoms with Gasteiger partial charge in [-0.2, -0.15) is 13.5 Å². The van der Waals surface area contributed by atoms with E-state index >= 15 is 0 Å². The van der Waals surface area contributed by atoms with E-state index in [0.29, 0.717) is 26.6 Å². The van der Waals surface area contributed by atoms with Crippen molar-refractivity contribution in [3.63, 3.8) is 0 Å². The van der Waals surface area contributed by atoms with Crippen molar-refractivity contribution >= 4 is 33.7 Å². The van der Waals surface area contributed by atoms with Gasteiger partial charge in [-0.05, 0) is 35.6 Å². The summed E-state index contributed by atoms with van der Waals surface area (Å²) in [4.78, 5) is 27.1. The van der Waals surface area contributed by atoms with Gasteiger partial charge in [0.2, 0.25) is 0 Å². The zero-order valence-electron chi connectivity index (χ0n) is 14.9. The van der Waals surface area contributed by atoms with Crippen LogP contribution < -0.4 is 0 Å². The first kappa shape index (κ1) is 19.8. The highest BCUT2D eigenvalue weighted by Crippen LogP contribution is 2.51. The summed E-state index contributed by atoms with van der Waals surface area (Å²) >= 11 is 1.20. The number of rotatable bonds is 5. The Kier molecular flexibility index (Phi) is 4.81. The van der Waals surface area contributed by atoms with Crippen molar-refractivity contribution in [2.24, 2.45) is 0 Å². The molecule has 0 aliphatic carbocycles. The molecule has 154 valence electrons. The van der Waals surface area contributed by atoms with Crippen LogP contribution in [0, 0.1) is 5.82 Å². The molecule has 2 aliphatic heterocycles. The van der Waals surface area contributed by atoms with Crippen molar-refractivity contribution in [3.8, 4) is 11.1 Å². The molecule has 1 fully saturated rings. The molecule has 1 aromatic heterocycles. The number of hydroxylamine groups is 2. The summed E-state index contributed by atoms with van der Waals surface area (Å²) < 4.78 is 54.4. The van der Waals surface area contributed by atoms with Gasteiger partial charge in [0.25, 0.3) is 0 Å². The minimum absolute atomic E-state index is 0.0196. The summed E-state index contributed by atoms with van der Waals surface area (Å²) in [6.07, 6.45) is 0. The molecule has 0 saturated carbocycles.